The van der Waals surface area contributed by atoms with Gasteiger partial charge >= 0.3 is 0 Å². The van der Waals surface area contributed by atoms with Gasteiger partial charge in [0.1, 0.15) is 0 Å². The summed E-state index contributed by atoms with van der Waals surface area (Å²) < 4.78 is 0. The normalized spacial score (nSPS) is 19.8. The van der Waals surface area contributed by atoms with Gasteiger partial charge in [0.25, 0.3) is 0 Å². The molecule has 0 saturated carbocycles. The molecule has 0 aliphatic carbocycles. The van der Waals surface area contributed by atoms with Crippen LogP contribution >= 0.6 is 0 Å². The summed E-state index contributed by atoms with van der Waals surface area (Å²) in [6.45, 7) is 9.62. The van der Waals surface area contributed by atoms with Crippen molar-refractivity contribution in [3.8, 4) is 0 Å². The zero-order valence-corrected chi connectivity index (χ0v) is 12.4. The summed E-state index contributed by atoms with van der Waals surface area (Å²) in [4.78, 5) is 14.7. The molecule has 1 aromatic rings. The maximum atomic E-state index is 12.2. The topological polar surface area (TPSA) is 20.3 Å². The summed E-state index contributed by atoms with van der Waals surface area (Å²) in [6, 6.07) is 6.13. The summed E-state index contributed by atoms with van der Waals surface area (Å²) in [5, 5.41) is 0. The third kappa shape index (κ3) is 3.90. The lowest BCUT2D eigenvalue weighted by Crippen LogP contribution is -2.24. The number of Topliss-reactive ketones (excluding diaryl/α,β-unsaturated/α-hetero) is 1. The molecule has 1 aromatic carbocycles. The fourth-order valence-electron chi connectivity index (χ4n) is 2.99. The molecule has 2 heteroatoms. The number of nitrogens with zero attached hydrogens (tertiary/aromatic N) is 1. The predicted octanol–water partition coefficient (Wildman–Crippen LogP) is 3.61. The van der Waals surface area contributed by atoms with Crippen LogP contribution in [0.5, 0.6) is 0 Å². The third-order valence-corrected chi connectivity index (χ3v) is 4.15. The summed E-state index contributed by atoms with van der Waals surface area (Å²) in [6.07, 6.45) is 3.22. The molecule has 0 amide bonds. The van der Waals surface area contributed by atoms with Crippen LogP contribution in [0.25, 0.3) is 0 Å². The lowest BCUT2D eigenvalue weighted by molar-refractivity contribution is 0.0968. The Bertz CT molecular complexity index is 432. The highest BCUT2D eigenvalue weighted by Gasteiger charge is 2.21. The minimum absolute atomic E-state index is 0.284. The zero-order chi connectivity index (χ0) is 13.8. The Balaban J connectivity index is 1.87. The van der Waals surface area contributed by atoms with Crippen molar-refractivity contribution >= 4 is 5.78 Å². The number of carbonyl (C=O) groups excluding carboxylic acids is 1. The van der Waals surface area contributed by atoms with Gasteiger partial charge in [0, 0.05) is 25.1 Å². The molecule has 1 heterocycles. The Hall–Kier alpha value is -1.15. The number of hydrogen-bond acceptors (Lipinski definition) is 2. The average molecular weight is 259 g/mol. The van der Waals surface area contributed by atoms with E-state index in [-0.39, 0.29) is 5.78 Å². The highest BCUT2D eigenvalue weighted by molar-refractivity contribution is 5.96. The van der Waals surface area contributed by atoms with Crippen LogP contribution in [-0.2, 0) is 0 Å². The first-order valence-electron chi connectivity index (χ1n) is 7.42. The largest absolute Gasteiger partial charge is 0.303 e. The lowest BCUT2D eigenvalue weighted by Gasteiger charge is -2.15. The molecule has 0 aromatic heterocycles. The van der Waals surface area contributed by atoms with E-state index in [1.165, 1.54) is 37.1 Å². The van der Waals surface area contributed by atoms with Crippen LogP contribution in [0.1, 0.15) is 47.7 Å². The molecule has 19 heavy (non-hydrogen) atoms. The fraction of sp³-hybridized carbons (Fsp3) is 0.588. The minimum Gasteiger partial charge on any atom is -0.303 e. The van der Waals surface area contributed by atoms with Crippen LogP contribution in [-0.4, -0.2) is 30.3 Å². The average Bonchev–Trinajstić information content (AvgIpc) is 2.82. The highest BCUT2D eigenvalue weighted by Crippen LogP contribution is 2.19. The van der Waals surface area contributed by atoms with E-state index in [4.69, 9.17) is 0 Å². The van der Waals surface area contributed by atoms with E-state index in [9.17, 15) is 4.79 Å². The van der Waals surface area contributed by atoms with E-state index >= 15 is 0 Å². The van der Waals surface area contributed by atoms with Crippen LogP contribution in [0.2, 0.25) is 0 Å². The van der Waals surface area contributed by atoms with E-state index in [1.807, 2.05) is 12.1 Å². The second kappa shape index (κ2) is 6.33. The first-order valence-corrected chi connectivity index (χ1v) is 7.42. The summed E-state index contributed by atoms with van der Waals surface area (Å²) >= 11 is 0. The molecule has 2 nitrogen and oxygen atoms in total. The monoisotopic (exact) mass is 259 g/mol. The van der Waals surface area contributed by atoms with Gasteiger partial charge in [-0.05, 0) is 44.9 Å². The molecular formula is C17H25NO. The first kappa shape index (κ1) is 14.3. The molecule has 1 atom stereocenters. The number of likely N-dealkylation sites (tertiary alicyclic amines) is 1. The first-order chi connectivity index (χ1) is 9.08. The lowest BCUT2D eigenvalue weighted by atomic mass is 10.0. The Kier molecular flexibility index (Phi) is 4.76. The van der Waals surface area contributed by atoms with Crippen molar-refractivity contribution in [2.75, 3.05) is 19.6 Å². The molecule has 0 radical (unpaired) electrons. The van der Waals surface area contributed by atoms with Crippen LogP contribution < -0.4 is 0 Å². The summed E-state index contributed by atoms with van der Waals surface area (Å²) in [5.74, 6) is 1.13. The smallest absolute Gasteiger partial charge is 0.164 e. The van der Waals surface area contributed by atoms with Gasteiger partial charge in [0.05, 0.1) is 0 Å². The van der Waals surface area contributed by atoms with Crippen molar-refractivity contribution in [2.24, 2.45) is 5.92 Å². The number of benzene rings is 1. The van der Waals surface area contributed by atoms with E-state index in [0.29, 0.717) is 6.42 Å². The molecular weight excluding hydrogens is 234 g/mol. The van der Waals surface area contributed by atoms with Gasteiger partial charge in [-0.15, -0.1) is 0 Å². The molecule has 0 N–H and O–H groups in total. The maximum absolute atomic E-state index is 12.2. The van der Waals surface area contributed by atoms with Crippen molar-refractivity contribution in [1.29, 1.82) is 0 Å². The van der Waals surface area contributed by atoms with Crippen LogP contribution in [0.15, 0.2) is 18.2 Å². The van der Waals surface area contributed by atoms with Gasteiger partial charge in [-0.25, -0.2) is 0 Å². The number of ketones is 1. The zero-order valence-electron chi connectivity index (χ0n) is 12.4. The summed E-state index contributed by atoms with van der Waals surface area (Å²) in [7, 11) is 0. The number of rotatable bonds is 5. The Morgan fingerprint density at radius 3 is 2.53 bits per heavy atom. The van der Waals surface area contributed by atoms with Gasteiger partial charge in [0.15, 0.2) is 5.78 Å². The van der Waals surface area contributed by atoms with Crippen molar-refractivity contribution in [3.05, 3.63) is 34.9 Å². The molecule has 0 bridgehead atoms. The van der Waals surface area contributed by atoms with Crippen molar-refractivity contribution in [2.45, 2.75) is 40.0 Å². The van der Waals surface area contributed by atoms with E-state index < -0.39 is 0 Å². The minimum atomic E-state index is 0.284. The van der Waals surface area contributed by atoms with Gasteiger partial charge in [-0.3, -0.25) is 4.79 Å². The predicted molar refractivity (Wildman–Crippen MR) is 79.7 cm³/mol. The third-order valence-electron chi connectivity index (χ3n) is 4.15. The number of carbonyl (C=O) groups is 1. The van der Waals surface area contributed by atoms with Gasteiger partial charge in [-0.2, -0.15) is 0 Å². The molecule has 0 spiro atoms. The second-order valence-electron chi connectivity index (χ2n) is 5.91. The van der Waals surface area contributed by atoms with E-state index in [0.717, 1.165) is 18.0 Å². The van der Waals surface area contributed by atoms with Crippen molar-refractivity contribution in [1.82, 2.24) is 4.90 Å². The molecule has 1 aliphatic rings. The second-order valence-corrected chi connectivity index (χ2v) is 5.91. The van der Waals surface area contributed by atoms with Gasteiger partial charge in [0.2, 0.25) is 0 Å². The molecule has 1 fully saturated rings. The Labute approximate surface area is 116 Å². The quantitative estimate of drug-likeness (QED) is 0.753. The number of aryl methyl sites for hydroxylation is 2. The van der Waals surface area contributed by atoms with Crippen molar-refractivity contribution in [3.63, 3.8) is 0 Å². The highest BCUT2D eigenvalue weighted by atomic mass is 16.1. The number of hydrogen-bond donors (Lipinski definition) is 0. The van der Waals surface area contributed by atoms with Crippen LogP contribution in [0.4, 0.5) is 0 Å². The standard InChI is InChI=1S/C17H25NO/c1-4-15-5-7-18(12-15)8-6-17(19)16-10-13(2)9-14(3)11-16/h9-11,15H,4-8,12H2,1-3H3. The summed E-state index contributed by atoms with van der Waals surface area (Å²) in [5.41, 5.74) is 3.23. The van der Waals surface area contributed by atoms with Crippen LogP contribution in [0, 0.1) is 19.8 Å². The van der Waals surface area contributed by atoms with E-state index in [1.54, 1.807) is 0 Å². The molecule has 1 saturated heterocycles. The fourth-order valence-corrected chi connectivity index (χ4v) is 2.99. The molecule has 1 unspecified atom stereocenters. The maximum Gasteiger partial charge on any atom is 0.164 e. The molecule has 1 aliphatic heterocycles. The SMILES string of the molecule is CCC1CCN(CCC(=O)c2cc(C)cc(C)c2)C1. The molecule has 2 rings (SSSR count). The van der Waals surface area contributed by atoms with Gasteiger partial charge in [-0.1, -0.05) is 30.5 Å². The molecule has 104 valence electrons. The van der Waals surface area contributed by atoms with Gasteiger partial charge < -0.3 is 4.90 Å². The van der Waals surface area contributed by atoms with E-state index in [2.05, 4.69) is 31.7 Å². The Morgan fingerprint density at radius 1 is 1.26 bits per heavy atom. The van der Waals surface area contributed by atoms with Crippen molar-refractivity contribution < 1.29 is 4.79 Å². The van der Waals surface area contributed by atoms with Crippen LogP contribution in [0.3, 0.4) is 0 Å². The Morgan fingerprint density at radius 2 is 1.95 bits per heavy atom.